The van der Waals surface area contributed by atoms with Gasteiger partial charge in [-0.15, -0.1) is 0 Å². The van der Waals surface area contributed by atoms with Crippen LogP contribution in [0.5, 0.6) is 0 Å². The summed E-state index contributed by atoms with van der Waals surface area (Å²) in [5.74, 6) is 0. The second-order valence-corrected chi connectivity index (χ2v) is 3.04. The van der Waals surface area contributed by atoms with Crippen LogP contribution in [0.25, 0.3) is 10.4 Å². The topological polar surface area (TPSA) is 48.8 Å². The minimum atomic E-state index is -4.36. The van der Waals surface area contributed by atoms with E-state index in [1.165, 1.54) is 19.1 Å². The molecule has 0 radical (unpaired) electrons. The summed E-state index contributed by atoms with van der Waals surface area (Å²) in [6.45, 7) is 1.32. The number of aryl methyl sites for hydroxylation is 1. The van der Waals surface area contributed by atoms with Gasteiger partial charge in [-0.3, -0.25) is 0 Å². The number of alkyl halides is 3. The number of halogens is 3. The van der Waals surface area contributed by atoms with Crippen molar-refractivity contribution in [1.29, 1.82) is 0 Å². The highest BCUT2D eigenvalue weighted by Gasteiger charge is 2.32. The molecule has 1 rings (SSSR count). The maximum Gasteiger partial charge on any atom is 0.416 e. The Morgan fingerprint density at radius 1 is 1.40 bits per heavy atom. The van der Waals surface area contributed by atoms with E-state index in [9.17, 15) is 13.2 Å². The van der Waals surface area contributed by atoms with Gasteiger partial charge in [0.25, 0.3) is 0 Å². The first-order valence-electron chi connectivity index (χ1n) is 4.12. The van der Waals surface area contributed by atoms with E-state index in [1.807, 2.05) is 0 Å². The van der Waals surface area contributed by atoms with E-state index in [0.29, 0.717) is 5.56 Å². The summed E-state index contributed by atoms with van der Waals surface area (Å²) in [4.78, 5) is 2.49. The third-order valence-corrected chi connectivity index (χ3v) is 1.92. The first kappa shape index (κ1) is 11.4. The number of rotatable bonds is 2. The number of benzene rings is 1. The van der Waals surface area contributed by atoms with Crippen LogP contribution in [0.1, 0.15) is 16.7 Å². The molecule has 0 aliphatic heterocycles. The van der Waals surface area contributed by atoms with Crippen molar-refractivity contribution in [2.75, 3.05) is 0 Å². The van der Waals surface area contributed by atoms with E-state index in [-0.39, 0.29) is 12.1 Å². The Balaban J connectivity index is 3.11. The molecular weight excluding hydrogens is 207 g/mol. The van der Waals surface area contributed by atoms with Crippen LogP contribution in [0.3, 0.4) is 0 Å². The van der Waals surface area contributed by atoms with E-state index in [1.54, 1.807) is 0 Å². The highest BCUT2D eigenvalue weighted by molar-refractivity contribution is 5.33. The molecule has 0 atom stereocenters. The van der Waals surface area contributed by atoms with Crippen molar-refractivity contribution in [3.63, 3.8) is 0 Å². The van der Waals surface area contributed by atoms with Gasteiger partial charge in [-0.2, -0.15) is 13.2 Å². The van der Waals surface area contributed by atoms with Crippen LogP contribution >= 0.6 is 0 Å². The first-order chi connectivity index (χ1) is 6.95. The normalized spacial score (nSPS) is 10.9. The lowest BCUT2D eigenvalue weighted by Gasteiger charge is -2.11. The summed E-state index contributed by atoms with van der Waals surface area (Å²) in [7, 11) is 0. The van der Waals surface area contributed by atoms with Crippen LogP contribution in [-0.4, -0.2) is 0 Å². The molecule has 0 aromatic heterocycles. The lowest BCUT2D eigenvalue weighted by Crippen LogP contribution is -2.07. The zero-order chi connectivity index (χ0) is 11.5. The van der Waals surface area contributed by atoms with Gasteiger partial charge in [0.2, 0.25) is 0 Å². The minimum absolute atomic E-state index is 0.0696. The highest BCUT2D eigenvalue weighted by atomic mass is 19.4. The van der Waals surface area contributed by atoms with Crippen molar-refractivity contribution in [3.8, 4) is 0 Å². The first-order valence-corrected chi connectivity index (χ1v) is 4.12. The largest absolute Gasteiger partial charge is 0.416 e. The monoisotopic (exact) mass is 215 g/mol. The molecular formula is C9H8F3N3. The quantitative estimate of drug-likeness (QED) is 0.409. The molecule has 1 aromatic rings. The Morgan fingerprint density at radius 2 is 2.07 bits per heavy atom. The molecule has 80 valence electrons. The molecule has 0 amide bonds. The second kappa shape index (κ2) is 4.23. The van der Waals surface area contributed by atoms with Crippen molar-refractivity contribution in [3.05, 3.63) is 45.3 Å². The molecule has 15 heavy (non-hydrogen) atoms. The van der Waals surface area contributed by atoms with Gasteiger partial charge in [0, 0.05) is 4.91 Å². The molecule has 0 spiro atoms. The van der Waals surface area contributed by atoms with Crippen LogP contribution in [-0.2, 0) is 12.7 Å². The highest BCUT2D eigenvalue weighted by Crippen LogP contribution is 2.32. The summed E-state index contributed by atoms with van der Waals surface area (Å²) in [5, 5.41) is 3.21. The molecule has 0 saturated carbocycles. The fourth-order valence-electron chi connectivity index (χ4n) is 1.19. The average Bonchev–Trinajstić information content (AvgIpc) is 2.15. The van der Waals surface area contributed by atoms with E-state index >= 15 is 0 Å². The van der Waals surface area contributed by atoms with Gasteiger partial charge in [0.1, 0.15) is 0 Å². The molecule has 0 bridgehead atoms. The maximum atomic E-state index is 12.4. The summed E-state index contributed by atoms with van der Waals surface area (Å²) < 4.78 is 37.3. The van der Waals surface area contributed by atoms with Gasteiger partial charge >= 0.3 is 6.18 Å². The van der Waals surface area contributed by atoms with Crippen LogP contribution in [0, 0.1) is 6.92 Å². The Labute approximate surface area is 84.2 Å². The summed E-state index contributed by atoms with van der Waals surface area (Å²) in [6, 6.07) is 3.88. The van der Waals surface area contributed by atoms with Gasteiger partial charge in [-0.05, 0) is 29.6 Å². The Bertz CT molecular complexity index is 406. The van der Waals surface area contributed by atoms with Crippen molar-refractivity contribution < 1.29 is 13.2 Å². The van der Waals surface area contributed by atoms with Crippen molar-refractivity contribution in [2.45, 2.75) is 19.6 Å². The number of hydrogen-bond donors (Lipinski definition) is 0. The molecule has 6 heteroatoms. The standard InChI is InChI=1S/C9H8F3N3/c1-6-2-3-7(5-14-15-13)4-8(6)9(10,11)12/h2-4H,5H2,1H3. The van der Waals surface area contributed by atoms with Gasteiger partial charge in [-0.25, -0.2) is 0 Å². The second-order valence-electron chi connectivity index (χ2n) is 3.04. The lowest BCUT2D eigenvalue weighted by atomic mass is 10.0. The maximum absolute atomic E-state index is 12.4. The van der Waals surface area contributed by atoms with E-state index < -0.39 is 11.7 Å². The fraction of sp³-hybridized carbons (Fsp3) is 0.333. The van der Waals surface area contributed by atoms with Gasteiger partial charge in [-0.1, -0.05) is 17.2 Å². The van der Waals surface area contributed by atoms with Crippen LogP contribution in [0.2, 0.25) is 0 Å². The zero-order valence-electron chi connectivity index (χ0n) is 7.91. The van der Waals surface area contributed by atoms with Gasteiger partial charge in [0.05, 0.1) is 12.1 Å². The summed E-state index contributed by atoms with van der Waals surface area (Å²) in [5.41, 5.74) is 7.87. The molecule has 0 aliphatic rings. The van der Waals surface area contributed by atoms with E-state index in [0.717, 1.165) is 6.07 Å². The van der Waals surface area contributed by atoms with Crippen molar-refractivity contribution >= 4 is 0 Å². The third kappa shape index (κ3) is 2.89. The predicted octanol–water partition coefficient (Wildman–Crippen LogP) is 3.82. The molecule has 0 saturated heterocycles. The molecule has 0 fully saturated rings. The Hall–Kier alpha value is -1.68. The molecule has 0 N–H and O–H groups in total. The zero-order valence-corrected chi connectivity index (χ0v) is 7.91. The molecule has 0 unspecified atom stereocenters. The Kier molecular flexibility index (Phi) is 3.21. The lowest BCUT2D eigenvalue weighted by molar-refractivity contribution is -0.138. The Morgan fingerprint density at radius 3 is 2.60 bits per heavy atom. The van der Waals surface area contributed by atoms with Gasteiger partial charge in [0.15, 0.2) is 0 Å². The van der Waals surface area contributed by atoms with E-state index in [4.69, 9.17) is 5.53 Å². The average molecular weight is 215 g/mol. The van der Waals surface area contributed by atoms with Crippen LogP contribution in [0.15, 0.2) is 23.3 Å². The third-order valence-electron chi connectivity index (χ3n) is 1.92. The molecule has 1 aromatic carbocycles. The minimum Gasteiger partial charge on any atom is -0.166 e. The predicted molar refractivity (Wildman–Crippen MR) is 49.0 cm³/mol. The van der Waals surface area contributed by atoms with Crippen molar-refractivity contribution in [2.24, 2.45) is 5.11 Å². The van der Waals surface area contributed by atoms with E-state index in [2.05, 4.69) is 10.0 Å². The van der Waals surface area contributed by atoms with Gasteiger partial charge < -0.3 is 0 Å². The van der Waals surface area contributed by atoms with Crippen molar-refractivity contribution in [1.82, 2.24) is 0 Å². The number of azide groups is 1. The summed E-state index contributed by atoms with van der Waals surface area (Å²) >= 11 is 0. The number of hydrogen-bond acceptors (Lipinski definition) is 1. The van der Waals surface area contributed by atoms with Crippen LogP contribution < -0.4 is 0 Å². The smallest absolute Gasteiger partial charge is 0.166 e. The fourth-order valence-corrected chi connectivity index (χ4v) is 1.19. The van der Waals surface area contributed by atoms with Crippen LogP contribution in [0.4, 0.5) is 13.2 Å². The SMILES string of the molecule is Cc1ccc(CN=[N+]=[N-])cc1C(F)(F)F. The summed E-state index contributed by atoms with van der Waals surface area (Å²) in [6.07, 6.45) is -4.36. The number of nitrogens with zero attached hydrogens (tertiary/aromatic N) is 3. The molecule has 0 heterocycles. The molecule has 0 aliphatic carbocycles. The molecule has 3 nitrogen and oxygen atoms in total.